The van der Waals surface area contributed by atoms with Crippen molar-refractivity contribution >= 4 is 34.4 Å². The van der Waals surface area contributed by atoms with E-state index in [1.807, 2.05) is 30.3 Å². The number of halogens is 1. The number of Topliss-reactive ketones (excluding diaryl/α,β-unsaturated/α-hetero) is 1. The zero-order valence-corrected chi connectivity index (χ0v) is 12.3. The summed E-state index contributed by atoms with van der Waals surface area (Å²) in [7, 11) is 0. The summed E-state index contributed by atoms with van der Waals surface area (Å²) in [5.74, 6) is 0.389. The van der Waals surface area contributed by atoms with Gasteiger partial charge in [0, 0.05) is 17.9 Å². The lowest BCUT2D eigenvalue weighted by Crippen LogP contribution is -1.85. The zero-order valence-electron chi connectivity index (χ0n) is 11.5. The number of furan rings is 1. The summed E-state index contributed by atoms with van der Waals surface area (Å²) in [5, 5.41) is 1.59. The molecule has 106 valence electrons. The van der Waals surface area contributed by atoms with E-state index in [0.717, 1.165) is 16.5 Å². The smallest absolute Gasteiger partial charge is 0.194 e. The molecule has 0 aliphatic rings. The van der Waals surface area contributed by atoms with E-state index in [-0.39, 0.29) is 5.78 Å². The summed E-state index contributed by atoms with van der Waals surface area (Å²) in [6, 6.07) is 13.2. The molecule has 0 atom stereocenters. The van der Waals surface area contributed by atoms with Crippen molar-refractivity contribution in [1.29, 1.82) is 0 Å². The topological polar surface area (TPSA) is 43.1 Å². The highest BCUT2D eigenvalue weighted by atomic mass is 35.5. The van der Waals surface area contributed by atoms with Crippen molar-refractivity contribution < 1.29 is 9.21 Å². The van der Waals surface area contributed by atoms with Crippen LogP contribution in [0.2, 0.25) is 5.15 Å². The minimum Gasteiger partial charge on any atom is -0.461 e. The fourth-order valence-corrected chi connectivity index (χ4v) is 1.95. The molecule has 0 spiro atoms. The van der Waals surface area contributed by atoms with Gasteiger partial charge in [0.1, 0.15) is 5.15 Å². The SMILES string of the molecule is C=Cc1cc2ccccc2nc1Cl.CC(=O)c1ccco1. The maximum atomic E-state index is 10.4. The number of hydrogen-bond acceptors (Lipinski definition) is 3. The van der Waals surface area contributed by atoms with E-state index in [1.54, 1.807) is 18.2 Å². The summed E-state index contributed by atoms with van der Waals surface area (Å²) < 4.78 is 4.75. The first kappa shape index (κ1) is 15.0. The summed E-state index contributed by atoms with van der Waals surface area (Å²) in [6.07, 6.45) is 3.19. The molecule has 0 N–H and O–H groups in total. The average Bonchev–Trinajstić information content (AvgIpc) is 3.01. The highest BCUT2D eigenvalue weighted by Gasteiger charge is 2.00. The molecule has 0 aliphatic heterocycles. The Morgan fingerprint density at radius 2 is 2.05 bits per heavy atom. The summed E-state index contributed by atoms with van der Waals surface area (Å²) in [4.78, 5) is 14.7. The Kier molecular flexibility index (Phi) is 4.90. The number of aromatic nitrogens is 1. The number of nitrogens with zero attached hydrogens (tertiary/aromatic N) is 1. The van der Waals surface area contributed by atoms with Crippen molar-refractivity contribution in [2.24, 2.45) is 0 Å². The van der Waals surface area contributed by atoms with Crippen molar-refractivity contribution in [1.82, 2.24) is 4.98 Å². The zero-order chi connectivity index (χ0) is 15.2. The summed E-state index contributed by atoms with van der Waals surface area (Å²) >= 11 is 5.92. The van der Waals surface area contributed by atoms with Gasteiger partial charge in [0.15, 0.2) is 11.5 Å². The van der Waals surface area contributed by atoms with Crippen LogP contribution in [-0.4, -0.2) is 10.8 Å². The van der Waals surface area contributed by atoms with Crippen LogP contribution in [0.15, 0.2) is 59.7 Å². The molecule has 0 amide bonds. The van der Waals surface area contributed by atoms with Gasteiger partial charge in [0.2, 0.25) is 0 Å². The number of ketones is 1. The maximum Gasteiger partial charge on any atom is 0.194 e. The Bertz CT molecular complexity index is 764. The second-order valence-corrected chi connectivity index (χ2v) is 4.66. The molecule has 4 heteroatoms. The fourth-order valence-electron chi connectivity index (χ4n) is 1.73. The minimum absolute atomic E-state index is 0.0324. The van der Waals surface area contributed by atoms with Crippen LogP contribution in [0.3, 0.4) is 0 Å². The molecule has 0 radical (unpaired) electrons. The Morgan fingerprint density at radius 1 is 1.29 bits per heavy atom. The third-order valence-electron chi connectivity index (χ3n) is 2.79. The number of fused-ring (bicyclic) bond motifs is 1. The summed E-state index contributed by atoms with van der Waals surface area (Å²) in [6.45, 7) is 5.15. The van der Waals surface area contributed by atoms with Gasteiger partial charge < -0.3 is 4.42 Å². The second kappa shape index (κ2) is 6.86. The van der Waals surface area contributed by atoms with Gasteiger partial charge in [0.05, 0.1) is 11.8 Å². The van der Waals surface area contributed by atoms with Crippen molar-refractivity contribution in [2.75, 3.05) is 0 Å². The number of rotatable bonds is 2. The van der Waals surface area contributed by atoms with Gasteiger partial charge in [-0.3, -0.25) is 4.79 Å². The van der Waals surface area contributed by atoms with Crippen molar-refractivity contribution in [3.05, 3.63) is 71.8 Å². The number of carbonyl (C=O) groups is 1. The van der Waals surface area contributed by atoms with Crippen molar-refractivity contribution in [3.8, 4) is 0 Å². The molecule has 0 saturated carbocycles. The van der Waals surface area contributed by atoms with E-state index in [1.165, 1.54) is 13.2 Å². The first-order chi connectivity index (χ1) is 10.1. The molecule has 3 aromatic rings. The van der Waals surface area contributed by atoms with Crippen LogP contribution in [0.5, 0.6) is 0 Å². The normalized spacial score (nSPS) is 9.81. The Balaban J connectivity index is 0.000000173. The lowest BCUT2D eigenvalue weighted by atomic mass is 10.1. The molecule has 0 aliphatic carbocycles. The van der Waals surface area contributed by atoms with Crippen LogP contribution >= 0.6 is 11.6 Å². The Labute approximate surface area is 127 Å². The van der Waals surface area contributed by atoms with Crippen LogP contribution < -0.4 is 0 Å². The molecule has 1 aromatic carbocycles. The quantitative estimate of drug-likeness (QED) is 0.493. The van der Waals surface area contributed by atoms with Crippen molar-refractivity contribution in [3.63, 3.8) is 0 Å². The molecule has 0 unspecified atom stereocenters. The molecule has 0 bridgehead atoms. The second-order valence-electron chi connectivity index (χ2n) is 4.30. The number of carbonyl (C=O) groups excluding carboxylic acids is 1. The average molecular weight is 300 g/mol. The molecule has 0 saturated heterocycles. The molecule has 2 aromatic heterocycles. The van der Waals surface area contributed by atoms with E-state index in [0.29, 0.717) is 10.9 Å². The molecular weight excluding hydrogens is 286 g/mol. The number of hydrogen-bond donors (Lipinski definition) is 0. The van der Waals surface area contributed by atoms with Gasteiger partial charge >= 0.3 is 0 Å². The minimum atomic E-state index is -0.0324. The van der Waals surface area contributed by atoms with Gasteiger partial charge in [0.25, 0.3) is 0 Å². The summed E-state index contributed by atoms with van der Waals surface area (Å²) in [5.41, 5.74) is 1.79. The van der Waals surface area contributed by atoms with Gasteiger partial charge in [-0.2, -0.15) is 0 Å². The number of pyridine rings is 1. The van der Waals surface area contributed by atoms with Gasteiger partial charge in [-0.25, -0.2) is 4.98 Å². The van der Waals surface area contributed by atoms with Crippen LogP contribution in [0.4, 0.5) is 0 Å². The Hall–Kier alpha value is -2.39. The number of para-hydroxylation sites is 1. The first-order valence-electron chi connectivity index (χ1n) is 6.34. The van der Waals surface area contributed by atoms with Gasteiger partial charge in [-0.15, -0.1) is 0 Å². The van der Waals surface area contributed by atoms with Gasteiger partial charge in [-0.05, 0) is 24.3 Å². The van der Waals surface area contributed by atoms with E-state index in [9.17, 15) is 4.79 Å². The van der Waals surface area contributed by atoms with E-state index >= 15 is 0 Å². The molecule has 3 rings (SSSR count). The van der Waals surface area contributed by atoms with Crippen LogP contribution in [0.1, 0.15) is 23.0 Å². The first-order valence-corrected chi connectivity index (χ1v) is 6.72. The largest absolute Gasteiger partial charge is 0.461 e. The van der Waals surface area contributed by atoms with E-state index < -0.39 is 0 Å². The van der Waals surface area contributed by atoms with E-state index in [2.05, 4.69) is 11.6 Å². The molecule has 21 heavy (non-hydrogen) atoms. The highest BCUT2D eigenvalue weighted by Crippen LogP contribution is 2.20. The molecular formula is C17H14ClNO2. The maximum absolute atomic E-state index is 10.4. The Morgan fingerprint density at radius 3 is 2.62 bits per heavy atom. The van der Waals surface area contributed by atoms with Crippen LogP contribution in [-0.2, 0) is 0 Å². The van der Waals surface area contributed by atoms with Gasteiger partial charge in [-0.1, -0.05) is 42.5 Å². The molecule has 3 nitrogen and oxygen atoms in total. The lowest BCUT2D eigenvalue weighted by molar-refractivity contribution is 0.0987. The molecule has 2 heterocycles. The van der Waals surface area contributed by atoms with Crippen molar-refractivity contribution in [2.45, 2.75) is 6.92 Å². The van der Waals surface area contributed by atoms with Crippen LogP contribution in [0.25, 0.3) is 17.0 Å². The van der Waals surface area contributed by atoms with Crippen LogP contribution in [0, 0.1) is 0 Å². The predicted molar refractivity (Wildman–Crippen MR) is 85.6 cm³/mol. The molecule has 0 fully saturated rings. The third kappa shape index (κ3) is 3.80. The lowest BCUT2D eigenvalue weighted by Gasteiger charge is -2.00. The third-order valence-corrected chi connectivity index (χ3v) is 3.10. The standard InChI is InChI=1S/C11H8ClN.C6H6O2/c1-2-8-7-9-5-3-4-6-10(9)13-11(8)12;1-5(7)6-3-2-4-8-6/h2-7H,1H2;2-4H,1H3. The number of benzene rings is 1. The monoisotopic (exact) mass is 299 g/mol. The van der Waals surface area contributed by atoms with E-state index in [4.69, 9.17) is 16.0 Å². The fraction of sp³-hybridized carbons (Fsp3) is 0.0588. The predicted octanol–water partition coefficient (Wildman–Crippen LogP) is 5.01. The highest BCUT2D eigenvalue weighted by molar-refractivity contribution is 6.31.